The first kappa shape index (κ1) is 38.8. The molecule has 10 aromatic rings. The molecule has 14 rings (SSSR count). The molecule has 3 N–H and O–H groups in total. The number of fused-ring (bicyclic) bond motifs is 18. The third-order valence-electron chi connectivity index (χ3n) is 14.2. The third kappa shape index (κ3) is 5.55. The fourth-order valence-corrected chi connectivity index (χ4v) is 13.1. The van der Waals surface area contributed by atoms with Gasteiger partial charge in [-0.2, -0.15) is 0 Å². The van der Waals surface area contributed by atoms with E-state index in [2.05, 4.69) is 104 Å². The number of hydrogen-bond acceptors (Lipinski definition) is 10. The van der Waals surface area contributed by atoms with Gasteiger partial charge in [-0.3, -0.25) is 0 Å². The Hall–Kier alpha value is -7.47. The van der Waals surface area contributed by atoms with Gasteiger partial charge in [0.15, 0.2) is 23.3 Å². The predicted octanol–water partition coefficient (Wildman–Crippen LogP) is 7.90. The minimum Gasteiger partial charge on any atom is -0.462 e. The van der Waals surface area contributed by atoms with Crippen LogP contribution < -0.4 is 11.0 Å². The van der Waals surface area contributed by atoms with Crippen molar-refractivity contribution in [1.82, 2.24) is 7.10 Å². The van der Waals surface area contributed by atoms with E-state index in [1.807, 2.05) is 48.5 Å². The average molecular weight is 889 g/mol. The first-order chi connectivity index (χ1) is 32.9. The van der Waals surface area contributed by atoms with Crippen molar-refractivity contribution in [3.05, 3.63) is 179 Å². The first-order valence-corrected chi connectivity index (χ1v) is 23.9. The van der Waals surface area contributed by atoms with Crippen LogP contribution in [0.5, 0.6) is 0 Å². The van der Waals surface area contributed by atoms with Crippen molar-refractivity contribution in [3.8, 4) is 0 Å². The smallest absolute Gasteiger partial charge is 0.462 e. The number of benzene rings is 8. The number of nitrogens with zero attached hydrogens (tertiary/aromatic N) is 8. The van der Waals surface area contributed by atoms with Crippen LogP contribution in [0.25, 0.3) is 64.6 Å². The SMILES string of the molecule is CC([O][Al]1[n]2c3c4cc5ccccc5cc4c2N=C2N=C(N=c4c5cc6ccccc6cc5c([n]41)=NC1=NC(=N3)c3cc4ccccc4cc31)c1cc3ccccc3cc12)C(CO)(CO)CO. The van der Waals surface area contributed by atoms with Gasteiger partial charge in [-0.1, -0.05) is 97.1 Å². The fraction of sp³-hybridized carbons (Fsp3) is 0.111. The zero-order chi connectivity index (χ0) is 44.7. The highest BCUT2D eigenvalue weighted by Crippen LogP contribution is 2.44. The van der Waals surface area contributed by atoms with Crippen LogP contribution in [0.4, 0.5) is 11.6 Å². The summed E-state index contributed by atoms with van der Waals surface area (Å²) in [5, 5.41) is 44.4. The number of amidine groups is 4. The molecule has 320 valence electrons. The van der Waals surface area contributed by atoms with Crippen molar-refractivity contribution in [2.75, 3.05) is 19.8 Å². The molecule has 0 fully saturated rings. The summed E-state index contributed by atoms with van der Waals surface area (Å²) in [6.07, 6.45) is -0.904. The molecule has 1 atom stereocenters. The molecule has 8 aromatic carbocycles. The lowest BCUT2D eigenvalue weighted by Crippen LogP contribution is -2.54. The Morgan fingerprint density at radius 2 is 0.746 bits per heavy atom. The summed E-state index contributed by atoms with van der Waals surface area (Å²) in [6, 6.07) is 50.2. The van der Waals surface area contributed by atoms with Gasteiger partial charge in [-0.25, -0.2) is 30.0 Å². The number of aliphatic hydroxyl groups excluding tert-OH is 3. The highest BCUT2D eigenvalue weighted by Gasteiger charge is 2.47. The maximum atomic E-state index is 10.9. The summed E-state index contributed by atoms with van der Waals surface area (Å²) in [4.78, 5) is 33.1. The molecule has 4 aliphatic rings. The van der Waals surface area contributed by atoms with Crippen molar-refractivity contribution in [1.29, 1.82) is 0 Å². The Morgan fingerprint density at radius 3 is 1.09 bits per heavy atom. The minimum atomic E-state index is -3.48. The zero-order valence-electron chi connectivity index (χ0n) is 36.0. The van der Waals surface area contributed by atoms with Crippen LogP contribution in [0.2, 0.25) is 0 Å². The van der Waals surface area contributed by atoms with Gasteiger partial charge in [0, 0.05) is 49.9 Å². The van der Waals surface area contributed by atoms with Gasteiger partial charge < -0.3 is 26.2 Å². The quantitative estimate of drug-likeness (QED) is 0.145. The van der Waals surface area contributed by atoms with Crippen molar-refractivity contribution in [2.24, 2.45) is 35.4 Å². The Bertz CT molecular complexity index is 3890. The molecule has 13 heteroatoms. The van der Waals surface area contributed by atoms with Crippen LogP contribution in [0.15, 0.2) is 176 Å². The number of rotatable bonds is 6. The Labute approximate surface area is 386 Å². The molecule has 1 unspecified atom stereocenters. The van der Waals surface area contributed by atoms with Gasteiger partial charge in [0.2, 0.25) is 0 Å². The van der Waals surface area contributed by atoms with Crippen molar-refractivity contribution < 1.29 is 19.1 Å². The molecule has 0 amide bonds. The third-order valence-corrected chi connectivity index (χ3v) is 16.7. The Morgan fingerprint density at radius 1 is 0.433 bits per heavy atom. The van der Waals surface area contributed by atoms with E-state index in [9.17, 15) is 15.3 Å². The van der Waals surface area contributed by atoms with Gasteiger partial charge in [0.25, 0.3) is 0 Å². The summed E-state index contributed by atoms with van der Waals surface area (Å²) in [5.74, 6) is 3.10. The summed E-state index contributed by atoms with van der Waals surface area (Å²) < 4.78 is 11.7. The average Bonchev–Trinajstić information content (AvgIpc) is 4.05. The van der Waals surface area contributed by atoms with E-state index in [-0.39, 0.29) is 0 Å². The molecular formula is C54H37AlN8O4. The lowest BCUT2D eigenvalue weighted by Gasteiger charge is -2.36. The molecule has 0 saturated heterocycles. The lowest BCUT2D eigenvalue weighted by molar-refractivity contribution is -0.0677. The van der Waals surface area contributed by atoms with E-state index < -0.39 is 46.3 Å². The van der Waals surface area contributed by atoms with Crippen LogP contribution in [0.3, 0.4) is 0 Å². The summed E-state index contributed by atoms with van der Waals surface area (Å²) >= 11 is -3.48. The maximum Gasteiger partial charge on any atom is 0.810 e. The van der Waals surface area contributed by atoms with Crippen LogP contribution in [0.1, 0.15) is 29.2 Å². The molecule has 4 aliphatic heterocycles. The first-order valence-electron chi connectivity index (χ1n) is 22.4. The largest absolute Gasteiger partial charge is 0.810 e. The lowest BCUT2D eigenvalue weighted by atomic mass is 9.85. The predicted molar refractivity (Wildman–Crippen MR) is 265 cm³/mol. The summed E-state index contributed by atoms with van der Waals surface area (Å²) in [6.45, 7) is 0.208. The molecule has 0 aliphatic carbocycles. The van der Waals surface area contributed by atoms with Crippen LogP contribution in [-0.2, 0) is 3.79 Å². The zero-order valence-corrected chi connectivity index (χ0v) is 37.1. The molecule has 0 spiro atoms. The van der Waals surface area contributed by atoms with Gasteiger partial charge in [-0.15, -0.1) is 0 Å². The second-order valence-corrected chi connectivity index (χ2v) is 19.9. The standard InChI is InChI=1S/C48H24N8.C6H13O4.Al/c1-2-10-26-18-34-33(17-25(26)9-1)41-49-42(34)54-44-37-21-29-13-5-6-14-30(29)22-38(37)46(51-44)56-48-40-24-32-16-8-7-15-31(32)23-39(40)47(52-48)55-45-36-20-28-12-4-3-11-27(28)19-35(36)43(50-45)53-41;1-5(10)6(2-7,3-8)4-9;/h1-24H;5,7-9H,2-4H2,1H3;/q-2;-1;+3. The Balaban J connectivity index is 1.23. The fourth-order valence-electron chi connectivity index (χ4n) is 10.3. The number of aromatic nitrogens is 2. The molecule has 0 saturated carbocycles. The highest BCUT2D eigenvalue weighted by molar-refractivity contribution is 6.51. The van der Waals surface area contributed by atoms with Crippen molar-refractivity contribution >= 4 is 115 Å². The monoisotopic (exact) mass is 888 g/mol. The van der Waals surface area contributed by atoms with E-state index in [1.165, 1.54) is 0 Å². The molecule has 12 nitrogen and oxygen atoms in total. The van der Waals surface area contributed by atoms with E-state index >= 15 is 0 Å². The van der Waals surface area contributed by atoms with Gasteiger partial charge in [0.05, 0.1) is 25.2 Å². The summed E-state index contributed by atoms with van der Waals surface area (Å²) in [7, 11) is 0. The second kappa shape index (κ2) is 14.3. The van der Waals surface area contributed by atoms with E-state index in [4.69, 9.17) is 33.7 Å². The molecule has 0 radical (unpaired) electrons. The molecule has 6 heterocycles. The minimum absolute atomic E-state index is 0.494. The van der Waals surface area contributed by atoms with Crippen molar-refractivity contribution in [3.63, 3.8) is 0 Å². The van der Waals surface area contributed by atoms with Crippen LogP contribution in [0, 0.1) is 5.41 Å². The number of hydrogen-bond donors (Lipinski definition) is 3. The van der Waals surface area contributed by atoms with E-state index in [1.54, 1.807) is 6.92 Å². The van der Waals surface area contributed by atoms with Crippen LogP contribution >= 0.6 is 0 Å². The second-order valence-electron chi connectivity index (χ2n) is 17.9. The maximum absolute atomic E-state index is 10.9. The van der Waals surface area contributed by atoms with Gasteiger partial charge in [0.1, 0.15) is 22.6 Å². The normalized spacial score (nSPS) is 15.3. The topological polar surface area (TPSA) is 154 Å². The number of aliphatic imine (C=N–C) groups is 4. The highest BCUT2D eigenvalue weighted by atomic mass is 27.2. The summed E-state index contributed by atoms with van der Waals surface area (Å²) in [5.41, 5.74) is 3.07. The molecule has 6 bridgehead atoms. The number of aliphatic hydroxyl groups is 3. The van der Waals surface area contributed by atoms with Crippen LogP contribution in [-0.4, -0.2) is 86.6 Å². The van der Waals surface area contributed by atoms with E-state index in [0.717, 1.165) is 86.9 Å². The molecule has 2 aromatic heterocycles. The molecular weight excluding hydrogens is 852 g/mol. The van der Waals surface area contributed by atoms with Crippen molar-refractivity contribution in [2.45, 2.75) is 13.0 Å². The van der Waals surface area contributed by atoms with E-state index in [0.29, 0.717) is 46.0 Å². The molecule has 67 heavy (non-hydrogen) atoms. The van der Waals surface area contributed by atoms with Gasteiger partial charge >= 0.3 is 14.9 Å². The van der Waals surface area contributed by atoms with Gasteiger partial charge in [-0.05, 0) is 98.5 Å². The Kier molecular flexibility index (Phi) is 8.26.